The second-order valence-electron chi connectivity index (χ2n) is 4.48. The molecule has 2 nitrogen and oxygen atoms in total. The summed E-state index contributed by atoms with van der Waals surface area (Å²) in [7, 11) is 0. The molecule has 0 aliphatic rings. The minimum absolute atomic E-state index is 0.112. The van der Waals surface area contributed by atoms with Crippen LogP contribution in [0.3, 0.4) is 0 Å². The van der Waals surface area contributed by atoms with Crippen molar-refractivity contribution in [3.8, 4) is 11.8 Å². The largest absolute Gasteiger partial charge is 0.485 e. The Kier molecular flexibility index (Phi) is 4.97. The SMILES string of the molecule is C=CCC(Oc1ccccc1)c1ccccc1CC#N. The van der Waals surface area contributed by atoms with Gasteiger partial charge in [-0.1, -0.05) is 48.5 Å². The van der Waals surface area contributed by atoms with Crippen molar-refractivity contribution in [1.29, 1.82) is 5.26 Å². The average Bonchev–Trinajstić information content (AvgIpc) is 2.49. The van der Waals surface area contributed by atoms with Crippen molar-refractivity contribution in [2.24, 2.45) is 0 Å². The summed E-state index contributed by atoms with van der Waals surface area (Å²) in [6.07, 6.45) is 2.83. The van der Waals surface area contributed by atoms with E-state index in [1.54, 1.807) is 0 Å². The van der Waals surface area contributed by atoms with Crippen LogP contribution in [-0.2, 0) is 6.42 Å². The second-order valence-corrected chi connectivity index (χ2v) is 4.48. The number of para-hydroxylation sites is 1. The topological polar surface area (TPSA) is 33.0 Å². The van der Waals surface area contributed by atoms with Crippen LogP contribution < -0.4 is 4.74 Å². The van der Waals surface area contributed by atoms with Gasteiger partial charge in [0.15, 0.2) is 0 Å². The number of rotatable bonds is 6. The zero-order chi connectivity index (χ0) is 14.2. The summed E-state index contributed by atoms with van der Waals surface area (Å²) in [5, 5.41) is 8.93. The molecule has 0 N–H and O–H groups in total. The number of hydrogen-bond donors (Lipinski definition) is 0. The van der Waals surface area contributed by atoms with E-state index in [1.807, 2.05) is 60.7 Å². The fourth-order valence-corrected chi connectivity index (χ4v) is 2.15. The van der Waals surface area contributed by atoms with Crippen LogP contribution >= 0.6 is 0 Å². The van der Waals surface area contributed by atoms with Gasteiger partial charge < -0.3 is 4.74 Å². The molecule has 0 spiro atoms. The summed E-state index contributed by atoms with van der Waals surface area (Å²) in [6.45, 7) is 3.80. The molecule has 0 bridgehead atoms. The molecule has 2 aromatic rings. The summed E-state index contributed by atoms with van der Waals surface area (Å²) < 4.78 is 6.05. The van der Waals surface area contributed by atoms with E-state index in [9.17, 15) is 0 Å². The Hall–Kier alpha value is -2.53. The van der Waals surface area contributed by atoms with Crippen molar-refractivity contribution in [2.45, 2.75) is 18.9 Å². The lowest BCUT2D eigenvalue weighted by molar-refractivity contribution is 0.208. The van der Waals surface area contributed by atoms with E-state index in [0.29, 0.717) is 12.8 Å². The fraction of sp³-hybridized carbons (Fsp3) is 0.167. The van der Waals surface area contributed by atoms with Gasteiger partial charge in [0, 0.05) is 6.42 Å². The molecule has 0 saturated heterocycles. The third-order valence-corrected chi connectivity index (χ3v) is 3.07. The smallest absolute Gasteiger partial charge is 0.127 e. The normalized spacial score (nSPS) is 11.3. The Morgan fingerprint density at radius 3 is 2.50 bits per heavy atom. The predicted molar refractivity (Wildman–Crippen MR) is 80.4 cm³/mol. The molecule has 0 aromatic heterocycles. The van der Waals surface area contributed by atoms with E-state index >= 15 is 0 Å². The first kappa shape index (κ1) is 13.9. The number of ether oxygens (including phenoxy) is 1. The third-order valence-electron chi connectivity index (χ3n) is 3.07. The maximum absolute atomic E-state index is 8.93. The van der Waals surface area contributed by atoms with E-state index in [-0.39, 0.29) is 6.10 Å². The standard InChI is InChI=1S/C18H17NO/c1-2-8-18(20-16-10-4-3-5-11-16)17-12-7-6-9-15(17)13-14-19/h2-7,9-12,18H,1,8,13H2. The van der Waals surface area contributed by atoms with Gasteiger partial charge in [-0.2, -0.15) is 5.26 Å². The van der Waals surface area contributed by atoms with E-state index < -0.39 is 0 Å². The molecule has 0 aliphatic heterocycles. The van der Waals surface area contributed by atoms with E-state index in [2.05, 4.69) is 12.6 Å². The van der Waals surface area contributed by atoms with Gasteiger partial charge in [-0.25, -0.2) is 0 Å². The molecule has 0 aliphatic carbocycles. The molecule has 0 saturated carbocycles. The van der Waals surface area contributed by atoms with Gasteiger partial charge >= 0.3 is 0 Å². The first-order valence-corrected chi connectivity index (χ1v) is 6.62. The van der Waals surface area contributed by atoms with Crippen LogP contribution in [0.2, 0.25) is 0 Å². The zero-order valence-electron chi connectivity index (χ0n) is 11.3. The maximum Gasteiger partial charge on any atom is 0.127 e. The molecule has 0 fully saturated rings. The molecule has 2 rings (SSSR count). The Labute approximate surface area is 119 Å². The van der Waals surface area contributed by atoms with Gasteiger partial charge in [0.05, 0.1) is 12.5 Å². The highest BCUT2D eigenvalue weighted by molar-refractivity contribution is 5.33. The lowest BCUT2D eigenvalue weighted by Gasteiger charge is -2.20. The van der Waals surface area contributed by atoms with Crippen LogP contribution in [0.4, 0.5) is 0 Å². The Morgan fingerprint density at radius 2 is 1.80 bits per heavy atom. The summed E-state index contributed by atoms with van der Waals surface area (Å²) in [5.74, 6) is 0.825. The molecule has 0 radical (unpaired) electrons. The van der Waals surface area contributed by atoms with Crippen molar-refractivity contribution >= 4 is 0 Å². The summed E-state index contributed by atoms with van der Waals surface area (Å²) in [5.41, 5.74) is 2.07. The quantitative estimate of drug-likeness (QED) is 0.721. The molecule has 2 heteroatoms. The van der Waals surface area contributed by atoms with Crippen LogP contribution in [0, 0.1) is 11.3 Å². The van der Waals surface area contributed by atoms with E-state index in [0.717, 1.165) is 16.9 Å². The lowest BCUT2D eigenvalue weighted by atomic mass is 9.98. The summed E-state index contributed by atoms with van der Waals surface area (Å²) >= 11 is 0. The number of benzene rings is 2. The van der Waals surface area contributed by atoms with Crippen LogP contribution in [0.5, 0.6) is 5.75 Å². The second kappa shape index (κ2) is 7.16. The van der Waals surface area contributed by atoms with Crippen molar-refractivity contribution < 1.29 is 4.74 Å². The maximum atomic E-state index is 8.93. The molecular weight excluding hydrogens is 246 g/mol. The van der Waals surface area contributed by atoms with Gasteiger partial charge in [0.2, 0.25) is 0 Å². The first-order chi connectivity index (χ1) is 9.85. The number of hydrogen-bond acceptors (Lipinski definition) is 2. The van der Waals surface area contributed by atoms with Crippen LogP contribution in [0.25, 0.3) is 0 Å². The van der Waals surface area contributed by atoms with Gasteiger partial charge in [-0.05, 0) is 23.3 Å². The van der Waals surface area contributed by atoms with Gasteiger partial charge in [-0.15, -0.1) is 6.58 Å². The predicted octanol–water partition coefficient (Wildman–Crippen LogP) is 4.45. The monoisotopic (exact) mass is 263 g/mol. The molecule has 0 heterocycles. The third kappa shape index (κ3) is 3.49. The van der Waals surface area contributed by atoms with Gasteiger partial charge in [0.1, 0.15) is 11.9 Å². The van der Waals surface area contributed by atoms with Crippen LogP contribution in [-0.4, -0.2) is 0 Å². The highest BCUT2D eigenvalue weighted by Gasteiger charge is 2.15. The highest BCUT2D eigenvalue weighted by atomic mass is 16.5. The summed E-state index contributed by atoms with van der Waals surface area (Å²) in [4.78, 5) is 0. The molecule has 0 amide bonds. The molecule has 1 unspecified atom stereocenters. The van der Waals surface area contributed by atoms with Crippen molar-refractivity contribution in [3.05, 3.63) is 78.4 Å². The Bertz CT molecular complexity index is 598. The van der Waals surface area contributed by atoms with Gasteiger partial charge in [-0.3, -0.25) is 0 Å². The number of nitriles is 1. The van der Waals surface area contributed by atoms with Crippen LogP contribution in [0.15, 0.2) is 67.3 Å². The summed E-state index contributed by atoms with van der Waals surface area (Å²) in [6, 6.07) is 19.8. The van der Waals surface area contributed by atoms with Crippen molar-refractivity contribution in [3.63, 3.8) is 0 Å². The molecule has 1 atom stereocenters. The van der Waals surface area contributed by atoms with E-state index in [4.69, 9.17) is 10.00 Å². The molecule has 100 valence electrons. The molecule has 20 heavy (non-hydrogen) atoms. The molecule has 2 aromatic carbocycles. The minimum Gasteiger partial charge on any atom is -0.485 e. The van der Waals surface area contributed by atoms with Gasteiger partial charge in [0.25, 0.3) is 0 Å². The fourth-order valence-electron chi connectivity index (χ4n) is 2.15. The van der Waals surface area contributed by atoms with Crippen molar-refractivity contribution in [1.82, 2.24) is 0 Å². The average molecular weight is 263 g/mol. The minimum atomic E-state index is -0.112. The lowest BCUT2D eigenvalue weighted by Crippen LogP contribution is -2.09. The highest BCUT2D eigenvalue weighted by Crippen LogP contribution is 2.27. The van der Waals surface area contributed by atoms with E-state index in [1.165, 1.54) is 0 Å². The van der Waals surface area contributed by atoms with Crippen LogP contribution in [0.1, 0.15) is 23.7 Å². The van der Waals surface area contributed by atoms with Crippen molar-refractivity contribution in [2.75, 3.05) is 0 Å². The first-order valence-electron chi connectivity index (χ1n) is 6.62. The Morgan fingerprint density at radius 1 is 1.10 bits per heavy atom. The Balaban J connectivity index is 2.29. The number of nitrogens with zero attached hydrogens (tertiary/aromatic N) is 1. The molecular formula is C18H17NO. The zero-order valence-corrected chi connectivity index (χ0v) is 11.3.